The van der Waals surface area contributed by atoms with Gasteiger partial charge in [-0.3, -0.25) is 4.79 Å². The predicted octanol–water partition coefficient (Wildman–Crippen LogP) is 2.29. The summed E-state index contributed by atoms with van der Waals surface area (Å²) in [5.74, 6) is -1.70. The van der Waals surface area contributed by atoms with Gasteiger partial charge in [0.1, 0.15) is 11.6 Å². The van der Waals surface area contributed by atoms with Gasteiger partial charge in [-0.05, 0) is 28.4 Å². The summed E-state index contributed by atoms with van der Waals surface area (Å²) in [4.78, 5) is 11.4. The molecule has 0 fully saturated rings. The maximum Gasteiger partial charge on any atom is 0.239 e. The fraction of sp³-hybridized carbons (Fsp3) is 0.417. The normalized spacial score (nSPS) is 10.3. The highest BCUT2D eigenvalue weighted by molar-refractivity contribution is 9.10. The number of benzene rings is 1. The number of carbonyl (C=O) groups excluding carboxylic acids is 1. The number of hydrogen-bond acceptors (Lipinski definition) is 3. The van der Waals surface area contributed by atoms with Crippen molar-refractivity contribution in [2.45, 2.75) is 6.42 Å². The lowest BCUT2D eigenvalue weighted by atomic mass is 10.3. The molecule has 0 radical (unpaired) electrons. The van der Waals surface area contributed by atoms with E-state index in [9.17, 15) is 13.6 Å². The van der Waals surface area contributed by atoms with Gasteiger partial charge in [0.15, 0.2) is 0 Å². The molecule has 0 aliphatic heterocycles. The zero-order chi connectivity index (χ0) is 14.3. The molecule has 19 heavy (non-hydrogen) atoms. The highest BCUT2D eigenvalue weighted by atomic mass is 79.9. The summed E-state index contributed by atoms with van der Waals surface area (Å²) in [6.45, 7) is 0.960. The monoisotopic (exact) mass is 336 g/mol. The largest absolute Gasteiger partial charge is 0.385 e. The van der Waals surface area contributed by atoms with Crippen LogP contribution in [0.25, 0.3) is 0 Å². The molecule has 1 rings (SSSR count). The minimum atomic E-state index is -0.751. The third kappa shape index (κ3) is 5.52. The summed E-state index contributed by atoms with van der Waals surface area (Å²) in [7, 11) is 1.58. The number of rotatable bonds is 7. The number of carbonyl (C=O) groups is 1. The number of hydrogen-bond donors (Lipinski definition) is 2. The van der Waals surface area contributed by atoms with Crippen molar-refractivity contribution in [3.63, 3.8) is 0 Å². The summed E-state index contributed by atoms with van der Waals surface area (Å²) < 4.78 is 31.4. The van der Waals surface area contributed by atoms with Crippen LogP contribution in [-0.2, 0) is 9.53 Å². The van der Waals surface area contributed by atoms with E-state index < -0.39 is 11.6 Å². The van der Waals surface area contributed by atoms with Crippen molar-refractivity contribution in [2.75, 3.05) is 32.1 Å². The molecule has 7 heteroatoms. The van der Waals surface area contributed by atoms with Crippen LogP contribution in [0.2, 0.25) is 0 Å². The predicted molar refractivity (Wildman–Crippen MR) is 72.1 cm³/mol. The van der Waals surface area contributed by atoms with Crippen molar-refractivity contribution in [1.82, 2.24) is 5.32 Å². The van der Waals surface area contributed by atoms with Gasteiger partial charge < -0.3 is 15.4 Å². The molecule has 1 amide bonds. The Kier molecular flexibility index (Phi) is 6.72. The van der Waals surface area contributed by atoms with Gasteiger partial charge in [-0.15, -0.1) is 0 Å². The Labute approximate surface area is 118 Å². The van der Waals surface area contributed by atoms with E-state index in [0.29, 0.717) is 19.6 Å². The van der Waals surface area contributed by atoms with E-state index in [0.717, 1.165) is 12.1 Å². The smallest absolute Gasteiger partial charge is 0.239 e. The maximum absolute atomic E-state index is 13.4. The molecule has 0 atom stereocenters. The van der Waals surface area contributed by atoms with Crippen LogP contribution in [0.1, 0.15) is 6.42 Å². The Morgan fingerprint density at radius 3 is 2.79 bits per heavy atom. The van der Waals surface area contributed by atoms with E-state index in [4.69, 9.17) is 4.74 Å². The first kappa shape index (κ1) is 15.8. The van der Waals surface area contributed by atoms with Gasteiger partial charge in [0.25, 0.3) is 0 Å². The number of ether oxygens (including phenoxy) is 1. The Hall–Kier alpha value is -1.21. The molecule has 0 aliphatic carbocycles. The third-order valence-electron chi connectivity index (χ3n) is 2.28. The van der Waals surface area contributed by atoms with Crippen LogP contribution in [0, 0.1) is 11.6 Å². The molecule has 0 saturated heterocycles. The fourth-order valence-electron chi connectivity index (χ4n) is 1.39. The summed E-state index contributed by atoms with van der Waals surface area (Å²) in [5, 5.41) is 5.26. The van der Waals surface area contributed by atoms with Crippen molar-refractivity contribution in [3.8, 4) is 0 Å². The standard InChI is InChI=1S/C12H15BrF2N2O2/c1-19-4-2-3-16-11(18)7-17-12-9(13)5-8(14)6-10(12)15/h5-6,17H,2-4,7H2,1H3,(H,16,18). The van der Waals surface area contributed by atoms with Gasteiger partial charge in [-0.1, -0.05) is 0 Å². The zero-order valence-electron chi connectivity index (χ0n) is 10.4. The number of amides is 1. The summed E-state index contributed by atoms with van der Waals surface area (Å²) in [6, 6.07) is 1.88. The van der Waals surface area contributed by atoms with Gasteiger partial charge in [0, 0.05) is 30.8 Å². The molecule has 0 aliphatic rings. The molecule has 0 bridgehead atoms. The van der Waals surface area contributed by atoms with Gasteiger partial charge in [-0.2, -0.15) is 0 Å². The van der Waals surface area contributed by atoms with Gasteiger partial charge in [0.05, 0.1) is 12.2 Å². The van der Waals surface area contributed by atoms with Crippen molar-refractivity contribution >= 4 is 27.5 Å². The Morgan fingerprint density at radius 1 is 1.42 bits per heavy atom. The third-order valence-corrected chi connectivity index (χ3v) is 2.91. The molecule has 1 aromatic carbocycles. The van der Waals surface area contributed by atoms with Crippen LogP contribution in [0.4, 0.5) is 14.5 Å². The lowest BCUT2D eigenvalue weighted by Crippen LogP contribution is -2.31. The van der Waals surface area contributed by atoms with Crippen molar-refractivity contribution in [2.24, 2.45) is 0 Å². The topological polar surface area (TPSA) is 50.4 Å². The lowest BCUT2D eigenvalue weighted by molar-refractivity contribution is -0.119. The van der Waals surface area contributed by atoms with Gasteiger partial charge in [-0.25, -0.2) is 8.78 Å². The van der Waals surface area contributed by atoms with Crippen LogP contribution in [0.3, 0.4) is 0 Å². The molecule has 106 valence electrons. The second-order valence-electron chi connectivity index (χ2n) is 3.79. The molecule has 0 spiro atoms. The molecule has 1 aromatic rings. The quantitative estimate of drug-likeness (QED) is 0.751. The average Bonchev–Trinajstić information content (AvgIpc) is 2.33. The van der Waals surface area contributed by atoms with E-state index in [1.165, 1.54) is 0 Å². The molecule has 2 N–H and O–H groups in total. The number of nitrogens with one attached hydrogen (secondary N) is 2. The molecule has 0 heterocycles. The first-order valence-electron chi connectivity index (χ1n) is 5.68. The van der Waals surface area contributed by atoms with Gasteiger partial charge in [0.2, 0.25) is 5.91 Å². The Morgan fingerprint density at radius 2 is 2.16 bits per heavy atom. The highest BCUT2D eigenvalue weighted by Gasteiger charge is 2.10. The van der Waals surface area contributed by atoms with Crippen LogP contribution in [0.15, 0.2) is 16.6 Å². The fourth-order valence-corrected chi connectivity index (χ4v) is 1.93. The number of anilines is 1. The van der Waals surface area contributed by atoms with E-state index in [1.54, 1.807) is 7.11 Å². The van der Waals surface area contributed by atoms with Crippen LogP contribution < -0.4 is 10.6 Å². The Bertz CT molecular complexity index is 421. The summed E-state index contributed by atoms with van der Waals surface area (Å²) in [5.41, 5.74) is 0.0634. The van der Waals surface area contributed by atoms with Crippen LogP contribution in [0.5, 0.6) is 0 Å². The highest BCUT2D eigenvalue weighted by Crippen LogP contribution is 2.26. The van der Waals surface area contributed by atoms with Crippen molar-refractivity contribution in [3.05, 3.63) is 28.2 Å². The Balaban J connectivity index is 2.42. The van der Waals surface area contributed by atoms with Crippen LogP contribution >= 0.6 is 15.9 Å². The summed E-state index contributed by atoms with van der Waals surface area (Å²) in [6.07, 6.45) is 0.705. The van der Waals surface area contributed by atoms with Gasteiger partial charge >= 0.3 is 0 Å². The van der Waals surface area contributed by atoms with Crippen molar-refractivity contribution in [1.29, 1.82) is 0 Å². The van der Waals surface area contributed by atoms with E-state index in [-0.39, 0.29) is 22.6 Å². The molecular formula is C12H15BrF2N2O2. The van der Waals surface area contributed by atoms with E-state index >= 15 is 0 Å². The first-order chi connectivity index (χ1) is 9.04. The second-order valence-corrected chi connectivity index (χ2v) is 4.65. The number of methoxy groups -OCH3 is 1. The van der Waals surface area contributed by atoms with Crippen LogP contribution in [-0.4, -0.2) is 32.7 Å². The van der Waals surface area contributed by atoms with E-state index in [1.807, 2.05) is 0 Å². The minimum absolute atomic E-state index is 0.0634. The number of halogens is 3. The molecule has 0 unspecified atom stereocenters. The maximum atomic E-state index is 13.4. The zero-order valence-corrected chi connectivity index (χ0v) is 12.0. The molecule has 4 nitrogen and oxygen atoms in total. The second kappa shape index (κ2) is 8.06. The summed E-state index contributed by atoms with van der Waals surface area (Å²) >= 11 is 3.03. The van der Waals surface area contributed by atoms with Crippen molar-refractivity contribution < 1.29 is 18.3 Å². The SMILES string of the molecule is COCCCNC(=O)CNc1c(F)cc(F)cc1Br. The first-order valence-corrected chi connectivity index (χ1v) is 6.48. The van der Waals surface area contributed by atoms with E-state index in [2.05, 4.69) is 26.6 Å². The average molecular weight is 337 g/mol. The lowest BCUT2D eigenvalue weighted by Gasteiger charge is -2.10. The molecular weight excluding hydrogens is 322 g/mol. The molecule has 0 aromatic heterocycles. The minimum Gasteiger partial charge on any atom is -0.385 e. The molecule has 0 saturated carbocycles.